The predicted octanol–water partition coefficient (Wildman–Crippen LogP) is 6.46. The minimum Gasteiger partial charge on any atom is -0.485 e. The van der Waals surface area contributed by atoms with Gasteiger partial charge >= 0.3 is 0 Å². The number of carbonyl (C=O) groups is 1. The van der Waals surface area contributed by atoms with Crippen LogP contribution in [0.2, 0.25) is 10.0 Å². The topological polar surface area (TPSA) is 46.8 Å². The molecule has 5 nitrogen and oxygen atoms in total. The molecule has 2 heterocycles. The molecule has 0 spiro atoms. The molecule has 0 aliphatic heterocycles. The zero-order valence-corrected chi connectivity index (χ0v) is 19.4. The molecule has 0 saturated heterocycles. The highest BCUT2D eigenvalue weighted by molar-refractivity contribution is 6.34. The van der Waals surface area contributed by atoms with E-state index >= 15 is 0 Å². The molecule has 0 unspecified atom stereocenters. The molecule has 0 bridgehead atoms. The molecular weight excluding hydrogens is 433 g/mol. The largest absolute Gasteiger partial charge is 0.485 e. The van der Waals surface area contributed by atoms with Crippen molar-refractivity contribution in [1.29, 1.82) is 0 Å². The molecule has 1 saturated carbocycles. The summed E-state index contributed by atoms with van der Waals surface area (Å²) >= 11 is 12.2. The van der Waals surface area contributed by atoms with Crippen LogP contribution in [0.25, 0.3) is 5.65 Å². The SMILES string of the molecule is Cc1nc2c(OCc3cc(Cl)cc(Cl)c3)cccn2c1N(C)C(=O)CCC1CCCC1. The first-order valence-electron chi connectivity index (χ1n) is 10.7. The lowest BCUT2D eigenvalue weighted by molar-refractivity contribution is -0.118. The number of hydrogen-bond acceptors (Lipinski definition) is 3. The average molecular weight is 460 g/mol. The van der Waals surface area contributed by atoms with Crippen molar-refractivity contribution in [3.05, 3.63) is 57.8 Å². The van der Waals surface area contributed by atoms with Crippen LogP contribution in [0.5, 0.6) is 5.75 Å². The van der Waals surface area contributed by atoms with Crippen LogP contribution in [0, 0.1) is 12.8 Å². The van der Waals surface area contributed by atoms with E-state index in [1.165, 1.54) is 25.7 Å². The Morgan fingerprint density at radius 1 is 1.23 bits per heavy atom. The minimum atomic E-state index is 0.122. The standard InChI is InChI=1S/C24H27Cl2N3O2/c1-16-24(28(2)22(30)10-9-17-6-3-4-7-17)29-11-5-8-21(23(29)27-16)31-15-18-12-19(25)14-20(26)13-18/h5,8,11-14,17H,3-4,6-7,9-10,15H2,1-2H3. The highest BCUT2D eigenvalue weighted by atomic mass is 35.5. The van der Waals surface area contributed by atoms with E-state index in [1.54, 1.807) is 11.0 Å². The van der Waals surface area contributed by atoms with Gasteiger partial charge in [-0.05, 0) is 55.2 Å². The van der Waals surface area contributed by atoms with Crippen LogP contribution in [0.4, 0.5) is 5.82 Å². The average Bonchev–Trinajstić information content (AvgIpc) is 3.36. The summed E-state index contributed by atoms with van der Waals surface area (Å²) in [6.45, 7) is 2.24. The summed E-state index contributed by atoms with van der Waals surface area (Å²) in [7, 11) is 1.83. The minimum absolute atomic E-state index is 0.122. The van der Waals surface area contributed by atoms with Crippen molar-refractivity contribution in [3.63, 3.8) is 0 Å². The second-order valence-electron chi connectivity index (χ2n) is 8.30. The van der Waals surface area contributed by atoms with Crippen LogP contribution < -0.4 is 9.64 Å². The summed E-state index contributed by atoms with van der Waals surface area (Å²) in [5.41, 5.74) is 2.35. The molecule has 3 aromatic rings. The Labute approximate surface area is 192 Å². The van der Waals surface area contributed by atoms with Crippen molar-refractivity contribution in [2.45, 2.75) is 52.1 Å². The van der Waals surface area contributed by atoms with Crippen LogP contribution in [0.3, 0.4) is 0 Å². The summed E-state index contributed by atoms with van der Waals surface area (Å²) in [5.74, 6) is 2.24. The third-order valence-corrected chi connectivity index (χ3v) is 6.44. The van der Waals surface area contributed by atoms with Gasteiger partial charge < -0.3 is 4.74 Å². The fraction of sp³-hybridized carbons (Fsp3) is 0.417. The number of pyridine rings is 1. The lowest BCUT2D eigenvalue weighted by Crippen LogP contribution is -2.28. The molecule has 1 aliphatic carbocycles. The highest BCUT2D eigenvalue weighted by Gasteiger charge is 2.22. The number of benzene rings is 1. The van der Waals surface area contributed by atoms with Crippen molar-refractivity contribution < 1.29 is 9.53 Å². The number of carbonyl (C=O) groups excluding carboxylic acids is 1. The Hall–Kier alpha value is -2.24. The first-order chi connectivity index (χ1) is 14.9. The van der Waals surface area contributed by atoms with E-state index in [0.29, 0.717) is 40.4 Å². The van der Waals surface area contributed by atoms with Crippen LogP contribution in [0.15, 0.2) is 36.5 Å². The van der Waals surface area contributed by atoms with E-state index in [0.717, 1.165) is 23.5 Å². The maximum absolute atomic E-state index is 12.9. The predicted molar refractivity (Wildman–Crippen MR) is 125 cm³/mol. The molecule has 31 heavy (non-hydrogen) atoms. The fourth-order valence-corrected chi connectivity index (χ4v) is 5.00. The maximum atomic E-state index is 12.9. The smallest absolute Gasteiger partial charge is 0.227 e. The van der Waals surface area contributed by atoms with E-state index < -0.39 is 0 Å². The molecule has 0 N–H and O–H groups in total. The van der Waals surface area contributed by atoms with Gasteiger partial charge in [0, 0.05) is 29.7 Å². The Balaban J connectivity index is 1.52. The first kappa shape index (κ1) is 22.0. The van der Waals surface area contributed by atoms with Gasteiger partial charge in [-0.15, -0.1) is 0 Å². The van der Waals surface area contributed by atoms with Crippen molar-refractivity contribution >= 4 is 40.6 Å². The molecule has 164 valence electrons. The Morgan fingerprint density at radius 3 is 2.65 bits per heavy atom. The summed E-state index contributed by atoms with van der Waals surface area (Å²) in [4.78, 5) is 19.3. The molecule has 1 aromatic carbocycles. The zero-order chi connectivity index (χ0) is 22.0. The number of amides is 1. The molecule has 1 aliphatic rings. The van der Waals surface area contributed by atoms with Crippen molar-refractivity contribution in [2.75, 3.05) is 11.9 Å². The normalized spacial score (nSPS) is 14.3. The van der Waals surface area contributed by atoms with Gasteiger partial charge in [0.15, 0.2) is 11.4 Å². The molecule has 2 aromatic heterocycles. The van der Waals surface area contributed by atoms with E-state index in [1.807, 2.05) is 48.8 Å². The van der Waals surface area contributed by atoms with Crippen LogP contribution in [-0.4, -0.2) is 22.3 Å². The number of imidazole rings is 1. The van der Waals surface area contributed by atoms with E-state index in [-0.39, 0.29) is 5.91 Å². The Kier molecular flexibility index (Phi) is 6.73. The van der Waals surface area contributed by atoms with Crippen molar-refractivity contribution in [2.24, 2.45) is 5.92 Å². The highest BCUT2D eigenvalue weighted by Crippen LogP contribution is 2.31. The van der Waals surface area contributed by atoms with Gasteiger partial charge in [0.1, 0.15) is 12.4 Å². The Morgan fingerprint density at radius 2 is 1.94 bits per heavy atom. The van der Waals surface area contributed by atoms with Crippen molar-refractivity contribution in [1.82, 2.24) is 9.38 Å². The zero-order valence-electron chi connectivity index (χ0n) is 17.9. The third-order valence-electron chi connectivity index (χ3n) is 6.01. The number of anilines is 1. The third kappa shape index (κ3) is 4.99. The first-order valence-corrected chi connectivity index (χ1v) is 11.5. The summed E-state index contributed by atoms with van der Waals surface area (Å²) in [5, 5.41) is 1.14. The quantitative estimate of drug-likeness (QED) is 0.407. The molecule has 7 heteroatoms. The molecule has 0 atom stereocenters. The van der Waals surface area contributed by atoms with Gasteiger partial charge in [-0.25, -0.2) is 4.98 Å². The molecular formula is C24H27Cl2N3O2. The summed E-state index contributed by atoms with van der Waals surface area (Å²) < 4.78 is 7.95. The molecule has 0 radical (unpaired) electrons. The van der Waals surface area contributed by atoms with Gasteiger partial charge in [0.2, 0.25) is 5.91 Å². The van der Waals surface area contributed by atoms with Gasteiger partial charge in [0.05, 0.1) is 5.69 Å². The maximum Gasteiger partial charge on any atom is 0.227 e. The lowest BCUT2D eigenvalue weighted by Gasteiger charge is -2.19. The molecule has 1 fully saturated rings. The number of halogens is 2. The van der Waals surface area contributed by atoms with E-state index in [4.69, 9.17) is 32.9 Å². The number of fused-ring (bicyclic) bond motifs is 1. The second-order valence-corrected chi connectivity index (χ2v) is 9.17. The van der Waals surface area contributed by atoms with Crippen molar-refractivity contribution in [3.8, 4) is 5.75 Å². The van der Waals surface area contributed by atoms with Crippen LogP contribution in [-0.2, 0) is 11.4 Å². The number of hydrogen-bond donors (Lipinski definition) is 0. The summed E-state index contributed by atoms with van der Waals surface area (Å²) in [6, 6.07) is 9.12. The molecule has 1 amide bonds. The second kappa shape index (κ2) is 9.49. The van der Waals surface area contributed by atoms with E-state index in [2.05, 4.69) is 0 Å². The lowest BCUT2D eigenvalue weighted by atomic mass is 10.0. The van der Waals surface area contributed by atoms with Gasteiger partial charge in [0.25, 0.3) is 0 Å². The number of rotatable bonds is 7. The van der Waals surface area contributed by atoms with Gasteiger partial charge in [-0.2, -0.15) is 0 Å². The van der Waals surface area contributed by atoms with Crippen LogP contribution in [0.1, 0.15) is 49.8 Å². The Bertz CT molecular complexity index is 1070. The monoisotopic (exact) mass is 459 g/mol. The number of aryl methyl sites for hydroxylation is 1. The van der Waals surface area contributed by atoms with E-state index in [9.17, 15) is 4.79 Å². The van der Waals surface area contributed by atoms with Gasteiger partial charge in [-0.1, -0.05) is 48.9 Å². The number of aromatic nitrogens is 2. The fourth-order valence-electron chi connectivity index (χ4n) is 4.43. The summed E-state index contributed by atoms with van der Waals surface area (Å²) in [6.07, 6.45) is 8.55. The number of nitrogens with zero attached hydrogens (tertiary/aromatic N) is 3. The van der Waals surface area contributed by atoms with Crippen LogP contribution >= 0.6 is 23.2 Å². The number of ether oxygens (including phenoxy) is 1. The van der Waals surface area contributed by atoms with Gasteiger partial charge in [-0.3, -0.25) is 14.1 Å². The molecule has 4 rings (SSSR count).